The first-order valence-corrected chi connectivity index (χ1v) is 5.87. The Morgan fingerprint density at radius 1 is 1.50 bits per heavy atom. The van der Waals surface area contributed by atoms with Gasteiger partial charge in [-0.05, 0) is 12.8 Å². The van der Waals surface area contributed by atoms with E-state index in [2.05, 4.69) is 15.5 Å². The van der Waals surface area contributed by atoms with Gasteiger partial charge < -0.3 is 5.73 Å². The predicted octanol–water partition coefficient (Wildman–Crippen LogP) is 1.59. The molecule has 1 amide bonds. The molecule has 1 unspecified atom stereocenters. The first-order chi connectivity index (χ1) is 7.17. The Bertz CT molecular complexity index is 331. The van der Waals surface area contributed by atoms with Gasteiger partial charge in [-0.15, -0.1) is 22.6 Å². The number of nitrogens with zero attached hydrogens (tertiary/aromatic N) is 2. The lowest BCUT2D eigenvalue weighted by Gasteiger charge is -2.08. The van der Waals surface area contributed by atoms with Gasteiger partial charge in [0.15, 0.2) is 0 Å². The number of aryl methyl sites for hydroxylation is 1. The van der Waals surface area contributed by atoms with E-state index < -0.39 is 6.04 Å². The molecule has 0 saturated carbocycles. The van der Waals surface area contributed by atoms with Crippen LogP contribution in [0.2, 0.25) is 0 Å². The number of carbonyl (C=O) groups is 1. The van der Waals surface area contributed by atoms with Gasteiger partial charge in [0.2, 0.25) is 11.0 Å². The second kappa shape index (κ2) is 7.54. The van der Waals surface area contributed by atoms with Crippen LogP contribution in [0.4, 0.5) is 5.13 Å². The Morgan fingerprint density at radius 2 is 2.19 bits per heavy atom. The molecule has 0 spiro atoms. The summed E-state index contributed by atoms with van der Waals surface area (Å²) in [5, 5.41) is 11.9. The van der Waals surface area contributed by atoms with Crippen molar-refractivity contribution in [3.8, 4) is 0 Å². The Hall–Kier alpha value is -0.720. The van der Waals surface area contributed by atoms with Gasteiger partial charge in [0, 0.05) is 0 Å². The van der Waals surface area contributed by atoms with E-state index in [4.69, 9.17) is 5.73 Å². The Kier molecular flexibility index (Phi) is 7.20. The molecule has 1 aromatic rings. The monoisotopic (exact) mass is 264 g/mol. The topological polar surface area (TPSA) is 80.9 Å². The fourth-order valence-electron chi connectivity index (χ4n) is 1.09. The molecule has 92 valence electrons. The number of hydrogen-bond acceptors (Lipinski definition) is 5. The molecule has 0 aliphatic carbocycles. The van der Waals surface area contributed by atoms with Crippen molar-refractivity contribution >= 4 is 34.8 Å². The summed E-state index contributed by atoms with van der Waals surface area (Å²) in [6.45, 7) is 3.99. The van der Waals surface area contributed by atoms with Crippen molar-refractivity contribution in [3.63, 3.8) is 0 Å². The van der Waals surface area contributed by atoms with Crippen LogP contribution in [0.15, 0.2) is 0 Å². The smallest absolute Gasteiger partial charge is 0.243 e. The molecular weight excluding hydrogens is 248 g/mol. The summed E-state index contributed by atoms with van der Waals surface area (Å²) in [4.78, 5) is 11.5. The molecule has 0 aromatic carbocycles. The van der Waals surface area contributed by atoms with Gasteiger partial charge >= 0.3 is 0 Å². The van der Waals surface area contributed by atoms with Crippen LogP contribution in [-0.4, -0.2) is 22.1 Å². The molecule has 1 heterocycles. The Morgan fingerprint density at radius 3 is 2.69 bits per heavy atom. The predicted molar refractivity (Wildman–Crippen MR) is 68.0 cm³/mol. The van der Waals surface area contributed by atoms with Crippen molar-refractivity contribution in [1.29, 1.82) is 0 Å². The molecule has 3 N–H and O–H groups in total. The lowest BCUT2D eigenvalue weighted by Crippen LogP contribution is -2.35. The average Bonchev–Trinajstić information content (AvgIpc) is 2.66. The maximum atomic E-state index is 11.5. The molecule has 16 heavy (non-hydrogen) atoms. The van der Waals surface area contributed by atoms with Crippen LogP contribution in [0.1, 0.15) is 31.7 Å². The summed E-state index contributed by atoms with van der Waals surface area (Å²) in [5.74, 6) is -0.185. The Labute approximate surface area is 105 Å². The first kappa shape index (κ1) is 15.3. The third-order valence-electron chi connectivity index (χ3n) is 1.94. The van der Waals surface area contributed by atoms with Crippen molar-refractivity contribution in [2.75, 3.05) is 5.32 Å². The highest BCUT2D eigenvalue weighted by molar-refractivity contribution is 7.15. The summed E-state index contributed by atoms with van der Waals surface area (Å²) < 4.78 is 0. The first-order valence-electron chi connectivity index (χ1n) is 5.06. The molecule has 0 fully saturated rings. The maximum Gasteiger partial charge on any atom is 0.243 e. The fraction of sp³-hybridized carbons (Fsp3) is 0.667. The quantitative estimate of drug-likeness (QED) is 0.846. The van der Waals surface area contributed by atoms with Crippen molar-refractivity contribution in [2.24, 2.45) is 5.73 Å². The fourth-order valence-corrected chi connectivity index (χ4v) is 1.77. The van der Waals surface area contributed by atoms with Crippen molar-refractivity contribution in [3.05, 3.63) is 5.01 Å². The number of rotatable bonds is 5. The molecule has 1 aromatic heterocycles. The molecule has 0 bridgehead atoms. The van der Waals surface area contributed by atoms with Crippen LogP contribution >= 0.6 is 23.7 Å². The highest BCUT2D eigenvalue weighted by Gasteiger charge is 2.14. The molecule has 5 nitrogen and oxygen atoms in total. The molecule has 0 saturated heterocycles. The van der Waals surface area contributed by atoms with Crippen molar-refractivity contribution < 1.29 is 4.79 Å². The molecule has 1 rings (SSSR count). The van der Waals surface area contributed by atoms with Crippen LogP contribution < -0.4 is 11.1 Å². The SMILES string of the molecule is CCCC(N)C(=O)Nc1nnc(CC)s1.Cl. The van der Waals surface area contributed by atoms with Gasteiger partial charge in [-0.3, -0.25) is 10.1 Å². The molecule has 0 aliphatic heterocycles. The summed E-state index contributed by atoms with van der Waals surface area (Å²) in [6.07, 6.45) is 2.41. The van der Waals surface area contributed by atoms with Gasteiger partial charge in [0.1, 0.15) is 5.01 Å². The maximum absolute atomic E-state index is 11.5. The van der Waals surface area contributed by atoms with E-state index in [0.29, 0.717) is 11.6 Å². The third-order valence-corrected chi connectivity index (χ3v) is 2.92. The lowest BCUT2D eigenvalue weighted by atomic mass is 10.2. The van der Waals surface area contributed by atoms with Gasteiger partial charge in [-0.2, -0.15) is 0 Å². The van der Waals surface area contributed by atoms with Gasteiger partial charge in [0.25, 0.3) is 0 Å². The second-order valence-corrected chi connectivity index (χ2v) is 4.30. The van der Waals surface area contributed by atoms with E-state index in [0.717, 1.165) is 17.8 Å². The number of nitrogens with two attached hydrogens (primary N) is 1. The van der Waals surface area contributed by atoms with Crippen LogP contribution in [0, 0.1) is 0 Å². The number of hydrogen-bond donors (Lipinski definition) is 2. The molecule has 0 radical (unpaired) electrons. The number of amides is 1. The zero-order valence-corrected chi connectivity index (χ0v) is 11.0. The number of aromatic nitrogens is 2. The highest BCUT2D eigenvalue weighted by atomic mass is 35.5. The summed E-state index contributed by atoms with van der Waals surface area (Å²) in [5.41, 5.74) is 5.66. The lowest BCUT2D eigenvalue weighted by molar-refractivity contribution is -0.117. The van der Waals surface area contributed by atoms with Gasteiger partial charge in [0.05, 0.1) is 6.04 Å². The number of anilines is 1. The Balaban J connectivity index is 0.00000225. The number of carbonyl (C=O) groups excluding carboxylic acids is 1. The highest BCUT2D eigenvalue weighted by Crippen LogP contribution is 2.15. The second-order valence-electron chi connectivity index (χ2n) is 3.24. The van der Waals surface area contributed by atoms with Crippen LogP contribution in [0.3, 0.4) is 0 Å². The summed E-state index contributed by atoms with van der Waals surface area (Å²) in [7, 11) is 0. The van der Waals surface area contributed by atoms with Crippen LogP contribution in [0.25, 0.3) is 0 Å². The van der Waals surface area contributed by atoms with E-state index in [-0.39, 0.29) is 18.3 Å². The molecule has 0 aliphatic rings. The third kappa shape index (κ3) is 4.42. The van der Waals surface area contributed by atoms with E-state index in [1.165, 1.54) is 11.3 Å². The normalized spacial score (nSPS) is 11.7. The van der Waals surface area contributed by atoms with E-state index >= 15 is 0 Å². The number of nitrogens with one attached hydrogen (secondary N) is 1. The summed E-state index contributed by atoms with van der Waals surface area (Å²) in [6, 6.07) is -0.455. The minimum Gasteiger partial charge on any atom is -0.320 e. The average molecular weight is 265 g/mol. The van der Waals surface area contributed by atoms with Crippen molar-refractivity contribution in [1.82, 2.24) is 10.2 Å². The largest absolute Gasteiger partial charge is 0.320 e. The molecule has 1 atom stereocenters. The zero-order valence-electron chi connectivity index (χ0n) is 9.40. The van der Waals surface area contributed by atoms with E-state index in [1.54, 1.807) is 0 Å². The zero-order chi connectivity index (χ0) is 11.3. The minimum absolute atomic E-state index is 0. The van der Waals surface area contributed by atoms with E-state index in [1.807, 2.05) is 13.8 Å². The van der Waals surface area contributed by atoms with Crippen molar-refractivity contribution in [2.45, 2.75) is 39.2 Å². The van der Waals surface area contributed by atoms with Gasteiger partial charge in [-0.25, -0.2) is 0 Å². The molecular formula is C9H17ClN4OS. The minimum atomic E-state index is -0.455. The standard InChI is InChI=1S/C9H16N4OS.ClH/c1-3-5-6(10)8(14)11-9-13-12-7(4-2)15-9;/h6H,3-5,10H2,1-2H3,(H,11,13,14);1H. The van der Waals surface area contributed by atoms with E-state index in [9.17, 15) is 4.79 Å². The number of halogens is 1. The van der Waals surface area contributed by atoms with Gasteiger partial charge in [-0.1, -0.05) is 31.6 Å². The molecule has 7 heteroatoms. The summed E-state index contributed by atoms with van der Waals surface area (Å²) >= 11 is 1.39. The van der Waals surface area contributed by atoms with Crippen LogP contribution in [0.5, 0.6) is 0 Å². The van der Waals surface area contributed by atoms with Crippen LogP contribution in [-0.2, 0) is 11.2 Å².